The van der Waals surface area contributed by atoms with Gasteiger partial charge >= 0.3 is 17.2 Å². The van der Waals surface area contributed by atoms with Gasteiger partial charge in [0.15, 0.2) is 6.61 Å². The molecule has 0 heterocycles. The molecule has 11 heteroatoms. The Morgan fingerprint density at radius 2 is 1.61 bits per heavy atom. The van der Waals surface area contributed by atoms with Crippen molar-refractivity contribution in [2.75, 3.05) is 19.8 Å². The molecular formula is C12H20F2O8S. The predicted octanol–water partition coefficient (Wildman–Crippen LogP) is 2.07. The molecule has 0 rings (SSSR count). The van der Waals surface area contributed by atoms with Gasteiger partial charge in [-0.2, -0.15) is 8.78 Å². The second-order valence-corrected chi connectivity index (χ2v) is 5.20. The highest BCUT2D eigenvalue weighted by Gasteiger charge is 2.44. The quantitative estimate of drug-likeness (QED) is 0.158. The summed E-state index contributed by atoms with van der Waals surface area (Å²) >= 11 is -0.777. The molecule has 0 unspecified atom stereocenters. The van der Waals surface area contributed by atoms with Gasteiger partial charge in [0.1, 0.15) is 12.0 Å². The summed E-state index contributed by atoms with van der Waals surface area (Å²) in [5, 5.41) is 15.1. The third-order valence-corrected chi connectivity index (χ3v) is 3.05. The average molecular weight is 362 g/mol. The second-order valence-electron chi connectivity index (χ2n) is 4.38. The van der Waals surface area contributed by atoms with Crippen molar-refractivity contribution in [1.29, 1.82) is 0 Å². The van der Waals surface area contributed by atoms with Crippen molar-refractivity contribution in [3.63, 3.8) is 0 Å². The van der Waals surface area contributed by atoms with Crippen molar-refractivity contribution in [1.82, 2.24) is 0 Å². The van der Waals surface area contributed by atoms with E-state index in [0.717, 1.165) is 32.1 Å². The monoisotopic (exact) mass is 362 g/mol. The van der Waals surface area contributed by atoms with E-state index in [2.05, 4.69) is 14.1 Å². The highest BCUT2D eigenvalue weighted by molar-refractivity contribution is 7.96. The number of aliphatic hydroxyl groups excluding tert-OH is 1. The Morgan fingerprint density at radius 1 is 1.00 bits per heavy atom. The van der Waals surface area contributed by atoms with E-state index in [1.54, 1.807) is 0 Å². The Kier molecular flexibility index (Phi) is 12.8. The van der Waals surface area contributed by atoms with Crippen molar-refractivity contribution in [3.05, 3.63) is 0 Å². The summed E-state index contributed by atoms with van der Waals surface area (Å²) in [6.07, 6.45) is 5.03. The molecule has 0 aromatic carbocycles. The van der Waals surface area contributed by atoms with E-state index in [1.165, 1.54) is 0 Å². The summed E-state index contributed by atoms with van der Waals surface area (Å²) in [6, 6.07) is 0. The minimum atomic E-state index is -4.14. The lowest BCUT2D eigenvalue weighted by atomic mass is 10.1. The van der Waals surface area contributed by atoms with Crippen LogP contribution in [0.25, 0.3) is 0 Å². The Balaban J connectivity index is 3.65. The van der Waals surface area contributed by atoms with Gasteiger partial charge in [-0.15, -0.1) is 4.33 Å². The lowest BCUT2D eigenvalue weighted by molar-refractivity contribution is -0.433. The van der Waals surface area contributed by atoms with Gasteiger partial charge in [0.05, 0.1) is 6.61 Å². The van der Waals surface area contributed by atoms with Gasteiger partial charge in [0.25, 0.3) is 0 Å². The third-order valence-electron chi connectivity index (χ3n) is 2.54. The van der Waals surface area contributed by atoms with Crippen LogP contribution in [0.1, 0.15) is 38.5 Å². The molecule has 0 aliphatic carbocycles. The number of unbranched alkanes of at least 4 members (excludes halogenated alkanes) is 5. The molecule has 0 saturated carbocycles. The van der Waals surface area contributed by atoms with Crippen molar-refractivity contribution in [2.24, 2.45) is 0 Å². The molecule has 0 aromatic heterocycles. The van der Waals surface area contributed by atoms with Crippen LogP contribution in [0.5, 0.6) is 0 Å². The van der Waals surface area contributed by atoms with E-state index >= 15 is 0 Å². The van der Waals surface area contributed by atoms with Gasteiger partial charge in [-0.05, 0) is 12.8 Å². The molecule has 0 aromatic rings. The Bertz CT molecular complexity index is 343. The zero-order valence-corrected chi connectivity index (χ0v) is 13.2. The predicted molar refractivity (Wildman–Crippen MR) is 74.0 cm³/mol. The van der Waals surface area contributed by atoms with Crippen LogP contribution in [0, 0.1) is 0 Å². The summed E-state index contributed by atoms with van der Waals surface area (Å²) in [7, 11) is 0. The molecule has 0 saturated heterocycles. The number of carbonyl (C=O) groups excluding carboxylic acids is 2. The number of halogens is 2. The first-order valence-corrected chi connectivity index (χ1v) is 7.65. The summed E-state index contributed by atoms with van der Waals surface area (Å²) in [5.74, 6) is -2.97. The van der Waals surface area contributed by atoms with Gasteiger partial charge in [-0.3, -0.25) is 0 Å². The molecule has 2 N–H and O–H groups in total. The molecule has 0 aliphatic heterocycles. The van der Waals surface area contributed by atoms with Gasteiger partial charge in [-0.1, -0.05) is 30.7 Å². The number of hydrogen-bond donors (Lipinski definition) is 2. The van der Waals surface area contributed by atoms with Crippen LogP contribution in [-0.2, 0) is 28.4 Å². The molecule has 0 bridgehead atoms. The van der Waals surface area contributed by atoms with Crippen molar-refractivity contribution < 1.29 is 47.6 Å². The standard InChI is InChI=1S/C12H20F2O8S/c13-12(14,23-22-21-18)11(17)20-9-10(16)19-8-6-4-2-1-3-5-7-15/h15,18H,1-9H2. The van der Waals surface area contributed by atoms with Gasteiger partial charge < -0.3 is 14.6 Å². The molecule has 0 atom stereocenters. The summed E-state index contributed by atoms with van der Waals surface area (Å²) < 4.78 is 38.1. The number of alkyl halides is 2. The van der Waals surface area contributed by atoms with Gasteiger partial charge in [0.2, 0.25) is 0 Å². The number of carbonyl (C=O) groups is 2. The van der Waals surface area contributed by atoms with Gasteiger partial charge in [-0.25, -0.2) is 14.8 Å². The molecule has 8 nitrogen and oxygen atoms in total. The maximum Gasteiger partial charge on any atom is 0.415 e. The third kappa shape index (κ3) is 12.1. The van der Waals surface area contributed by atoms with Crippen LogP contribution in [0.3, 0.4) is 0 Å². The van der Waals surface area contributed by atoms with E-state index in [4.69, 9.17) is 15.1 Å². The summed E-state index contributed by atoms with van der Waals surface area (Å²) in [4.78, 5) is 22.1. The van der Waals surface area contributed by atoms with Crippen molar-refractivity contribution in [3.8, 4) is 0 Å². The molecular weight excluding hydrogens is 342 g/mol. The zero-order valence-electron chi connectivity index (χ0n) is 12.4. The maximum atomic E-state index is 12.9. The molecule has 136 valence electrons. The van der Waals surface area contributed by atoms with Crippen molar-refractivity contribution >= 4 is 24.0 Å². The SMILES string of the molecule is O=C(COC(=O)C(F)(F)SOOO)OCCCCCCCCO. The van der Waals surface area contributed by atoms with Crippen LogP contribution < -0.4 is 0 Å². The molecule has 23 heavy (non-hydrogen) atoms. The minimum Gasteiger partial charge on any atom is -0.463 e. The molecule has 0 radical (unpaired) electrons. The smallest absolute Gasteiger partial charge is 0.415 e. The molecule has 0 aliphatic rings. The topological polar surface area (TPSA) is 112 Å². The molecule has 0 spiro atoms. The number of hydrogen-bond acceptors (Lipinski definition) is 9. The van der Waals surface area contributed by atoms with Crippen LogP contribution in [0.4, 0.5) is 8.78 Å². The van der Waals surface area contributed by atoms with Crippen LogP contribution >= 0.6 is 12.0 Å². The first-order valence-electron chi connectivity index (χ1n) is 6.91. The fraction of sp³-hybridized carbons (Fsp3) is 0.833. The zero-order chi connectivity index (χ0) is 17.6. The largest absolute Gasteiger partial charge is 0.463 e. The van der Waals surface area contributed by atoms with Crippen LogP contribution in [-0.4, -0.2) is 47.4 Å². The minimum absolute atomic E-state index is 0.100. The number of rotatable bonds is 14. The van der Waals surface area contributed by atoms with Crippen molar-refractivity contribution in [2.45, 2.75) is 43.8 Å². The highest BCUT2D eigenvalue weighted by Crippen LogP contribution is 2.31. The average Bonchev–Trinajstić information content (AvgIpc) is 2.53. The normalized spacial score (nSPS) is 11.3. The Labute approximate surface area is 136 Å². The number of aliphatic hydroxyl groups is 1. The van der Waals surface area contributed by atoms with Crippen LogP contribution in [0.15, 0.2) is 0 Å². The lowest BCUT2D eigenvalue weighted by Crippen LogP contribution is -2.30. The molecule has 0 amide bonds. The summed E-state index contributed by atoms with van der Waals surface area (Å²) in [5.41, 5.74) is 0. The highest BCUT2D eigenvalue weighted by atomic mass is 32.2. The first-order chi connectivity index (χ1) is 10.9. The second kappa shape index (κ2) is 13.4. The lowest BCUT2D eigenvalue weighted by Gasteiger charge is -2.11. The maximum absolute atomic E-state index is 12.9. The van der Waals surface area contributed by atoms with E-state index in [0.29, 0.717) is 6.42 Å². The fourth-order valence-corrected chi connectivity index (χ4v) is 1.69. The molecule has 0 fully saturated rings. The fourth-order valence-electron chi connectivity index (χ4n) is 1.45. The summed E-state index contributed by atoms with van der Waals surface area (Å²) in [6.45, 7) is -0.679. The first kappa shape index (κ1) is 22.0. The number of ether oxygens (including phenoxy) is 2. The van der Waals surface area contributed by atoms with E-state index in [1.807, 2.05) is 0 Å². The van der Waals surface area contributed by atoms with E-state index in [9.17, 15) is 18.4 Å². The number of esters is 2. The van der Waals surface area contributed by atoms with E-state index in [-0.39, 0.29) is 13.2 Å². The van der Waals surface area contributed by atoms with Gasteiger partial charge in [0, 0.05) is 6.61 Å². The van der Waals surface area contributed by atoms with Crippen LogP contribution in [0.2, 0.25) is 0 Å². The van der Waals surface area contributed by atoms with E-state index < -0.39 is 35.8 Å². The Morgan fingerprint density at radius 3 is 2.22 bits per heavy atom. The Hall–Kier alpha value is -1.01.